The Bertz CT molecular complexity index is 1040. The van der Waals surface area contributed by atoms with Gasteiger partial charge in [0, 0.05) is 28.5 Å². The minimum Gasteiger partial charge on any atom is -0.375 e. The van der Waals surface area contributed by atoms with Crippen LogP contribution in [0.3, 0.4) is 0 Å². The number of halogens is 1. The highest BCUT2D eigenvalue weighted by Gasteiger charge is 2.12. The highest BCUT2D eigenvalue weighted by atomic mass is 79.9. The lowest BCUT2D eigenvalue weighted by Crippen LogP contribution is -2.17. The average Bonchev–Trinajstić information content (AvgIpc) is 2.69. The molecule has 0 saturated heterocycles. The molecule has 148 valence electrons. The quantitative estimate of drug-likeness (QED) is 0.568. The Morgan fingerprint density at radius 2 is 1.69 bits per heavy atom. The summed E-state index contributed by atoms with van der Waals surface area (Å²) < 4.78 is 5.75. The SMILES string of the molecule is COCC(=O)Nc1ccc(NC(=O)c2ccc(-c3cccc(Br)c3)nc2C)cc1. The molecule has 0 unspecified atom stereocenters. The van der Waals surface area contributed by atoms with Crippen LogP contribution in [0.25, 0.3) is 11.3 Å². The molecule has 2 N–H and O–H groups in total. The lowest BCUT2D eigenvalue weighted by molar-refractivity contribution is -0.119. The molecule has 2 amide bonds. The van der Waals surface area contributed by atoms with Crippen LogP contribution in [0.15, 0.2) is 65.1 Å². The summed E-state index contributed by atoms with van der Waals surface area (Å²) in [7, 11) is 1.46. The summed E-state index contributed by atoms with van der Waals surface area (Å²) in [6, 6.07) is 18.3. The first-order valence-electron chi connectivity index (χ1n) is 8.90. The zero-order valence-electron chi connectivity index (χ0n) is 16.0. The molecule has 0 aliphatic heterocycles. The second-order valence-corrected chi connectivity index (χ2v) is 7.27. The monoisotopic (exact) mass is 453 g/mol. The van der Waals surface area contributed by atoms with E-state index >= 15 is 0 Å². The number of methoxy groups -OCH3 is 1. The van der Waals surface area contributed by atoms with Gasteiger partial charge in [-0.2, -0.15) is 0 Å². The van der Waals surface area contributed by atoms with Gasteiger partial charge in [-0.05, 0) is 55.5 Å². The van der Waals surface area contributed by atoms with E-state index in [9.17, 15) is 9.59 Å². The van der Waals surface area contributed by atoms with Crippen molar-refractivity contribution in [3.8, 4) is 11.3 Å². The maximum absolute atomic E-state index is 12.6. The van der Waals surface area contributed by atoms with Crippen molar-refractivity contribution in [2.75, 3.05) is 24.4 Å². The number of carbonyl (C=O) groups excluding carboxylic acids is 2. The van der Waals surface area contributed by atoms with Crippen LogP contribution in [0.5, 0.6) is 0 Å². The molecule has 1 aromatic heterocycles. The van der Waals surface area contributed by atoms with Crippen molar-refractivity contribution in [3.05, 3.63) is 76.4 Å². The van der Waals surface area contributed by atoms with E-state index in [1.54, 1.807) is 30.3 Å². The number of pyridine rings is 1. The predicted octanol–water partition coefficient (Wildman–Crippen LogP) is 4.66. The Kier molecular flexibility index (Phi) is 6.74. The first kappa shape index (κ1) is 20.7. The number of ether oxygens (including phenoxy) is 1. The minimum atomic E-state index is -0.244. The molecule has 29 heavy (non-hydrogen) atoms. The number of rotatable bonds is 6. The molecule has 0 saturated carbocycles. The summed E-state index contributed by atoms with van der Waals surface area (Å²) in [5.74, 6) is -0.483. The zero-order valence-corrected chi connectivity index (χ0v) is 17.6. The molecule has 7 heteroatoms. The molecule has 3 aromatic rings. The predicted molar refractivity (Wildman–Crippen MR) is 117 cm³/mol. The number of amides is 2. The Morgan fingerprint density at radius 3 is 2.31 bits per heavy atom. The lowest BCUT2D eigenvalue weighted by Gasteiger charge is -2.10. The standard InChI is InChI=1S/C22H20BrN3O3/c1-14-19(10-11-20(24-14)15-4-3-5-16(23)12-15)22(28)26-18-8-6-17(7-9-18)25-21(27)13-29-2/h3-12H,13H2,1-2H3,(H,25,27)(H,26,28). The summed E-state index contributed by atoms with van der Waals surface area (Å²) in [4.78, 5) is 28.7. The van der Waals surface area contributed by atoms with Gasteiger partial charge in [-0.15, -0.1) is 0 Å². The molecular weight excluding hydrogens is 434 g/mol. The topological polar surface area (TPSA) is 80.3 Å². The molecule has 3 rings (SSSR count). The molecule has 0 aliphatic carbocycles. The van der Waals surface area contributed by atoms with Crippen LogP contribution in [0.1, 0.15) is 16.1 Å². The van der Waals surface area contributed by atoms with E-state index in [1.165, 1.54) is 7.11 Å². The molecule has 2 aromatic carbocycles. The molecule has 0 radical (unpaired) electrons. The molecule has 0 bridgehead atoms. The first-order valence-corrected chi connectivity index (χ1v) is 9.69. The molecule has 0 atom stereocenters. The van der Waals surface area contributed by atoms with Crippen molar-refractivity contribution in [2.24, 2.45) is 0 Å². The van der Waals surface area contributed by atoms with Crippen molar-refractivity contribution in [1.82, 2.24) is 4.98 Å². The number of hydrogen-bond donors (Lipinski definition) is 2. The number of nitrogens with one attached hydrogen (secondary N) is 2. The van der Waals surface area contributed by atoms with Crippen molar-refractivity contribution >= 4 is 39.1 Å². The number of aromatic nitrogens is 1. The van der Waals surface area contributed by atoms with Crippen molar-refractivity contribution in [3.63, 3.8) is 0 Å². The smallest absolute Gasteiger partial charge is 0.257 e. The number of carbonyl (C=O) groups is 2. The Hall–Kier alpha value is -3.03. The van der Waals surface area contributed by atoms with E-state index in [1.807, 2.05) is 37.3 Å². The average molecular weight is 454 g/mol. The molecule has 0 fully saturated rings. The van der Waals surface area contributed by atoms with Gasteiger partial charge in [-0.1, -0.05) is 28.1 Å². The molecule has 6 nitrogen and oxygen atoms in total. The van der Waals surface area contributed by atoms with Gasteiger partial charge in [-0.25, -0.2) is 0 Å². The second-order valence-electron chi connectivity index (χ2n) is 6.35. The summed E-state index contributed by atoms with van der Waals surface area (Å²) in [6.07, 6.45) is 0. The van der Waals surface area contributed by atoms with Crippen LogP contribution >= 0.6 is 15.9 Å². The van der Waals surface area contributed by atoms with Crippen molar-refractivity contribution in [1.29, 1.82) is 0 Å². The normalized spacial score (nSPS) is 10.4. The maximum atomic E-state index is 12.6. The number of nitrogens with zero attached hydrogens (tertiary/aromatic N) is 1. The fourth-order valence-electron chi connectivity index (χ4n) is 2.77. The van der Waals surface area contributed by atoms with Gasteiger partial charge < -0.3 is 15.4 Å². The highest BCUT2D eigenvalue weighted by molar-refractivity contribution is 9.10. The number of aryl methyl sites for hydroxylation is 1. The molecular formula is C22H20BrN3O3. The third-order valence-electron chi connectivity index (χ3n) is 4.15. The third-order valence-corrected chi connectivity index (χ3v) is 4.65. The van der Waals surface area contributed by atoms with E-state index in [2.05, 4.69) is 31.5 Å². The van der Waals surface area contributed by atoms with Gasteiger partial charge in [0.05, 0.1) is 17.0 Å². The summed E-state index contributed by atoms with van der Waals surface area (Å²) in [6.45, 7) is 1.80. The van der Waals surface area contributed by atoms with Crippen LogP contribution in [-0.2, 0) is 9.53 Å². The fraction of sp³-hybridized carbons (Fsp3) is 0.136. The van der Waals surface area contributed by atoms with Gasteiger partial charge in [0.15, 0.2) is 0 Å². The van der Waals surface area contributed by atoms with Crippen molar-refractivity contribution < 1.29 is 14.3 Å². The van der Waals surface area contributed by atoms with Crippen LogP contribution in [0.4, 0.5) is 11.4 Å². The highest BCUT2D eigenvalue weighted by Crippen LogP contribution is 2.23. The number of anilines is 2. The Morgan fingerprint density at radius 1 is 1.00 bits per heavy atom. The first-order chi connectivity index (χ1) is 14.0. The van der Waals surface area contributed by atoms with E-state index in [0.29, 0.717) is 22.6 Å². The lowest BCUT2D eigenvalue weighted by atomic mass is 10.1. The Balaban J connectivity index is 1.70. The van der Waals surface area contributed by atoms with Crippen LogP contribution in [0, 0.1) is 6.92 Å². The molecule has 0 aliphatic rings. The van der Waals surface area contributed by atoms with Crippen LogP contribution in [0.2, 0.25) is 0 Å². The summed E-state index contributed by atoms with van der Waals surface area (Å²) in [5, 5.41) is 5.55. The van der Waals surface area contributed by atoms with Gasteiger partial charge in [-0.3, -0.25) is 14.6 Å². The van der Waals surface area contributed by atoms with E-state index in [4.69, 9.17) is 4.74 Å². The van der Waals surface area contributed by atoms with Crippen LogP contribution < -0.4 is 10.6 Å². The number of benzene rings is 2. The molecule has 1 heterocycles. The maximum Gasteiger partial charge on any atom is 0.257 e. The largest absolute Gasteiger partial charge is 0.375 e. The fourth-order valence-corrected chi connectivity index (χ4v) is 3.17. The summed E-state index contributed by atoms with van der Waals surface area (Å²) in [5.41, 5.74) is 4.16. The second kappa shape index (κ2) is 9.45. The van der Waals surface area contributed by atoms with Gasteiger partial charge >= 0.3 is 0 Å². The minimum absolute atomic E-state index is 0.0132. The van der Waals surface area contributed by atoms with E-state index in [0.717, 1.165) is 15.7 Å². The molecule has 0 spiro atoms. The van der Waals surface area contributed by atoms with Crippen LogP contribution in [-0.4, -0.2) is 30.5 Å². The van der Waals surface area contributed by atoms with E-state index < -0.39 is 0 Å². The van der Waals surface area contributed by atoms with E-state index in [-0.39, 0.29) is 18.4 Å². The summed E-state index contributed by atoms with van der Waals surface area (Å²) >= 11 is 3.46. The third kappa shape index (κ3) is 5.49. The van der Waals surface area contributed by atoms with Gasteiger partial charge in [0.1, 0.15) is 6.61 Å². The van der Waals surface area contributed by atoms with Gasteiger partial charge in [0.2, 0.25) is 5.91 Å². The zero-order chi connectivity index (χ0) is 20.8. The number of hydrogen-bond acceptors (Lipinski definition) is 4. The Labute approximate surface area is 177 Å². The van der Waals surface area contributed by atoms with Gasteiger partial charge in [0.25, 0.3) is 5.91 Å². The van der Waals surface area contributed by atoms with Crippen molar-refractivity contribution in [2.45, 2.75) is 6.92 Å².